The summed E-state index contributed by atoms with van der Waals surface area (Å²) in [6.45, 7) is 0.811. The minimum Gasteiger partial charge on any atom is -0.346 e. The van der Waals surface area contributed by atoms with Gasteiger partial charge in [-0.25, -0.2) is 0 Å². The molecule has 2 aromatic carbocycles. The van der Waals surface area contributed by atoms with Gasteiger partial charge in [-0.2, -0.15) is 0 Å². The number of pyridine rings is 1. The molecule has 1 N–H and O–H groups in total. The van der Waals surface area contributed by atoms with Crippen molar-refractivity contribution in [3.05, 3.63) is 75.0 Å². The van der Waals surface area contributed by atoms with Crippen molar-refractivity contribution < 1.29 is 4.79 Å². The maximum absolute atomic E-state index is 12.8. The minimum absolute atomic E-state index is 0.154. The Morgan fingerprint density at radius 1 is 1.17 bits per heavy atom. The van der Waals surface area contributed by atoms with Gasteiger partial charge in [0.15, 0.2) is 0 Å². The summed E-state index contributed by atoms with van der Waals surface area (Å²) in [4.78, 5) is 25.4. The van der Waals surface area contributed by atoms with E-state index in [0.717, 1.165) is 30.5 Å². The van der Waals surface area contributed by atoms with E-state index in [2.05, 4.69) is 5.32 Å². The fourth-order valence-corrected chi connectivity index (χ4v) is 3.47. The zero-order valence-electron chi connectivity index (χ0n) is 12.9. The van der Waals surface area contributed by atoms with Crippen LogP contribution in [0.15, 0.2) is 53.5 Å². The molecule has 0 unspecified atom stereocenters. The third-order valence-electron chi connectivity index (χ3n) is 4.35. The first-order chi connectivity index (χ1) is 11.6. The van der Waals surface area contributed by atoms with E-state index in [1.54, 1.807) is 36.5 Å². The molecule has 1 aromatic heterocycles. The van der Waals surface area contributed by atoms with Gasteiger partial charge >= 0.3 is 0 Å². The van der Waals surface area contributed by atoms with Crippen LogP contribution in [0.5, 0.6) is 0 Å². The molecule has 1 aliphatic rings. The van der Waals surface area contributed by atoms with Crippen LogP contribution in [0, 0.1) is 0 Å². The number of benzene rings is 2. The lowest BCUT2D eigenvalue weighted by atomic mass is 10.00. The number of aryl methyl sites for hydroxylation is 2. The van der Waals surface area contributed by atoms with E-state index in [1.807, 2.05) is 16.7 Å². The zero-order valence-corrected chi connectivity index (χ0v) is 13.6. The molecule has 1 amide bonds. The first-order valence-corrected chi connectivity index (χ1v) is 8.23. The van der Waals surface area contributed by atoms with E-state index in [-0.39, 0.29) is 11.0 Å². The topological polar surface area (TPSA) is 51.1 Å². The van der Waals surface area contributed by atoms with Crippen LogP contribution in [-0.4, -0.2) is 10.5 Å². The number of halogens is 1. The van der Waals surface area contributed by atoms with Crippen LogP contribution in [0.4, 0.5) is 5.69 Å². The van der Waals surface area contributed by atoms with Crippen LogP contribution in [0.3, 0.4) is 0 Å². The zero-order chi connectivity index (χ0) is 16.7. The number of amides is 1. The number of carbonyl (C=O) groups excluding carboxylic acids is 1. The largest absolute Gasteiger partial charge is 0.346 e. The number of para-hydroxylation sites is 1. The fraction of sp³-hybridized carbons (Fsp3) is 0.158. The molecule has 0 fully saturated rings. The second-order valence-corrected chi connectivity index (χ2v) is 6.38. The highest BCUT2D eigenvalue weighted by Crippen LogP contribution is 2.24. The van der Waals surface area contributed by atoms with Gasteiger partial charge in [-0.05, 0) is 42.7 Å². The van der Waals surface area contributed by atoms with Crippen LogP contribution >= 0.6 is 11.6 Å². The lowest BCUT2D eigenvalue weighted by Crippen LogP contribution is -2.25. The van der Waals surface area contributed by atoms with Crippen LogP contribution in [-0.2, 0) is 13.0 Å². The number of carbonyl (C=O) groups is 1. The average molecular weight is 339 g/mol. The van der Waals surface area contributed by atoms with E-state index in [9.17, 15) is 9.59 Å². The molecule has 0 saturated heterocycles. The van der Waals surface area contributed by atoms with Gasteiger partial charge in [0.25, 0.3) is 5.91 Å². The Bertz CT molecular complexity index is 1020. The molecule has 0 spiro atoms. The lowest BCUT2D eigenvalue weighted by molar-refractivity contribution is 0.102. The molecule has 24 heavy (non-hydrogen) atoms. The van der Waals surface area contributed by atoms with E-state index in [4.69, 9.17) is 11.6 Å². The van der Waals surface area contributed by atoms with Gasteiger partial charge in [0.2, 0.25) is 5.43 Å². The highest BCUT2D eigenvalue weighted by Gasteiger charge is 2.19. The maximum Gasteiger partial charge on any atom is 0.261 e. The van der Waals surface area contributed by atoms with E-state index in [0.29, 0.717) is 16.1 Å². The van der Waals surface area contributed by atoms with Crippen molar-refractivity contribution >= 4 is 34.1 Å². The number of nitrogens with one attached hydrogen (secondary N) is 1. The number of rotatable bonds is 2. The second-order valence-electron chi connectivity index (χ2n) is 5.95. The van der Waals surface area contributed by atoms with Crippen molar-refractivity contribution in [1.82, 2.24) is 4.57 Å². The van der Waals surface area contributed by atoms with Gasteiger partial charge in [0.05, 0.1) is 5.52 Å². The molecule has 0 saturated carbocycles. The molecule has 0 atom stereocenters. The summed E-state index contributed by atoms with van der Waals surface area (Å²) in [6.07, 6.45) is 3.64. The normalized spacial score (nSPS) is 13.0. The van der Waals surface area contributed by atoms with Crippen molar-refractivity contribution in [3.63, 3.8) is 0 Å². The molecule has 1 aliphatic heterocycles. The summed E-state index contributed by atoms with van der Waals surface area (Å²) >= 11 is 5.94. The monoisotopic (exact) mass is 338 g/mol. The maximum atomic E-state index is 12.8. The number of anilines is 1. The highest BCUT2D eigenvalue weighted by molar-refractivity contribution is 6.31. The molecule has 4 nitrogen and oxygen atoms in total. The fourth-order valence-electron chi connectivity index (χ4n) is 3.28. The molecule has 2 heterocycles. The summed E-state index contributed by atoms with van der Waals surface area (Å²) in [7, 11) is 0. The van der Waals surface area contributed by atoms with E-state index in [1.165, 1.54) is 0 Å². The Kier molecular flexibility index (Phi) is 3.62. The predicted molar refractivity (Wildman–Crippen MR) is 95.9 cm³/mol. The van der Waals surface area contributed by atoms with Gasteiger partial charge in [-0.3, -0.25) is 9.59 Å². The average Bonchev–Trinajstić information content (AvgIpc) is 2.58. The van der Waals surface area contributed by atoms with Crippen molar-refractivity contribution in [2.24, 2.45) is 0 Å². The Morgan fingerprint density at radius 2 is 2.00 bits per heavy atom. The molecule has 0 aliphatic carbocycles. The molecule has 120 valence electrons. The molecule has 0 bridgehead atoms. The Hall–Kier alpha value is -2.59. The van der Waals surface area contributed by atoms with Gasteiger partial charge in [0.1, 0.15) is 5.56 Å². The quantitative estimate of drug-likeness (QED) is 0.771. The standard InChI is InChI=1S/C19H15ClN2O2/c20-13-6-2-7-14(10-13)21-19(24)16-11-22-9-3-5-12-4-1-8-15(17(12)22)18(16)23/h1-2,4,6-8,10-11H,3,5,9H2,(H,21,24). The molecular weight excluding hydrogens is 324 g/mol. The van der Waals surface area contributed by atoms with Crippen molar-refractivity contribution in [2.75, 3.05) is 5.32 Å². The van der Waals surface area contributed by atoms with Gasteiger partial charge in [-0.1, -0.05) is 29.8 Å². The number of hydrogen-bond acceptors (Lipinski definition) is 2. The molecule has 3 aromatic rings. The van der Waals surface area contributed by atoms with Crippen molar-refractivity contribution in [3.8, 4) is 0 Å². The summed E-state index contributed by atoms with van der Waals surface area (Å²) < 4.78 is 2.02. The number of aromatic nitrogens is 1. The Labute approximate surface area is 143 Å². The number of hydrogen-bond donors (Lipinski definition) is 1. The van der Waals surface area contributed by atoms with Crippen molar-refractivity contribution in [1.29, 1.82) is 0 Å². The molecule has 5 heteroatoms. The van der Waals surface area contributed by atoms with E-state index >= 15 is 0 Å². The second kappa shape index (κ2) is 5.80. The van der Waals surface area contributed by atoms with Crippen LogP contribution in [0.25, 0.3) is 10.9 Å². The van der Waals surface area contributed by atoms with Gasteiger partial charge in [-0.15, -0.1) is 0 Å². The predicted octanol–water partition coefficient (Wildman–Crippen LogP) is 3.85. The van der Waals surface area contributed by atoms with Gasteiger partial charge in [0, 0.05) is 28.8 Å². The third-order valence-corrected chi connectivity index (χ3v) is 4.59. The molecular formula is C19H15ClN2O2. The first kappa shape index (κ1) is 15.0. The third kappa shape index (κ3) is 2.49. The van der Waals surface area contributed by atoms with Gasteiger partial charge < -0.3 is 9.88 Å². The molecule has 4 rings (SSSR count). The summed E-state index contributed by atoms with van der Waals surface area (Å²) in [5, 5.41) is 3.88. The van der Waals surface area contributed by atoms with Crippen LogP contribution in [0.1, 0.15) is 22.3 Å². The number of nitrogens with zero attached hydrogens (tertiary/aromatic N) is 1. The summed E-state index contributed by atoms with van der Waals surface area (Å²) in [5.74, 6) is -0.413. The highest BCUT2D eigenvalue weighted by atomic mass is 35.5. The lowest BCUT2D eigenvalue weighted by Gasteiger charge is -2.20. The van der Waals surface area contributed by atoms with Crippen LogP contribution in [0.2, 0.25) is 5.02 Å². The Morgan fingerprint density at radius 3 is 2.83 bits per heavy atom. The summed E-state index contributed by atoms with van der Waals surface area (Å²) in [5.41, 5.74) is 2.61. The molecule has 0 radical (unpaired) electrons. The van der Waals surface area contributed by atoms with Crippen molar-refractivity contribution in [2.45, 2.75) is 19.4 Å². The SMILES string of the molecule is O=C(Nc1cccc(Cl)c1)c1cn2c3c(cccc3c1=O)CCC2. The first-order valence-electron chi connectivity index (χ1n) is 7.85. The van der Waals surface area contributed by atoms with E-state index < -0.39 is 5.91 Å². The minimum atomic E-state index is -0.413. The smallest absolute Gasteiger partial charge is 0.261 e. The summed E-state index contributed by atoms with van der Waals surface area (Å²) in [6, 6.07) is 12.6. The van der Waals surface area contributed by atoms with Crippen LogP contribution < -0.4 is 10.7 Å². The Balaban J connectivity index is 1.81.